The number of esters is 2. The SMILES string of the molecule is C=C(CC(=O)OC)C(=O)C[C@@]1(C)[C@H](C)[C@@H](O)[C@H](OC(=O)C=Cc2ccccc2)[C@@]2(C)C(C)=CCC[C@H]12. The summed E-state index contributed by atoms with van der Waals surface area (Å²) in [5.74, 6) is -1.60. The number of ether oxygens (including phenoxy) is 2. The smallest absolute Gasteiger partial charge is 0.331 e. The number of carbonyl (C=O) groups excluding carboxylic acids is 3. The Morgan fingerprint density at radius 1 is 1.19 bits per heavy atom. The maximum Gasteiger partial charge on any atom is 0.331 e. The molecule has 6 heteroatoms. The van der Waals surface area contributed by atoms with Crippen molar-refractivity contribution in [3.63, 3.8) is 0 Å². The Labute approximate surface area is 214 Å². The lowest BCUT2D eigenvalue weighted by Crippen LogP contribution is -2.64. The zero-order valence-electron chi connectivity index (χ0n) is 22.0. The molecule has 0 aliphatic heterocycles. The fourth-order valence-electron chi connectivity index (χ4n) is 6.21. The van der Waals surface area contributed by atoms with Gasteiger partial charge < -0.3 is 14.6 Å². The molecule has 0 unspecified atom stereocenters. The lowest BCUT2D eigenvalue weighted by Gasteiger charge is -2.61. The topological polar surface area (TPSA) is 89.9 Å². The molecule has 36 heavy (non-hydrogen) atoms. The van der Waals surface area contributed by atoms with Crippen LogP contribution in [0.25, 0.3) is 6.08 Å². The number of Topliss-reactive ketones (excluding diaryl/α,β-unsaturated/α-hetero) is 1. The van der Waals surface area contributed by atoms with E-state index in [4.69, 9.17) is 4.74 Å². The zero-order chi connectivity index (χ0) is 26.7. The van der Waals surface area contributed by atoms with Crippen molar-refractivity contribution in [1.82, 2.24) is 0 Å². The van der Waals surface area contributed by atoms with Gasteiger partial charge >= 0.3 is 11.9 Å². The van der Waals surface area contributed by atoms with E-state index < -0.39 is 35.0 Å². The van der Waals surface area contributed by atoms with E-state index in [1.165, 1.54) is 13.2 Å². The molecule has 1 aromatic carbocycles. The van der Waals surface area contributed by atoms with Gasteiger partial charge in [0.25, 0.3) is 0 Å². The van der Waals surface area contributed by atoms with E-state index in [0.29, 0.717) is 0 Å². The second-order valence-corrected chi connectivity index (χ2v) is 10.6. The Balaban J connectivity index is 1.89. The molecule has 0 radical (unpaired) electrons. The number of aliphatic hydroxyl groups excluding tert-OH is 1. The third-order valence-electron chi connectivity index (χ3n) is 8.70. The molecule has 2 aliphatic carbocycles. The van der Waals surface area contributed by atoms with Crippen LogP contribution in [0, 0.1) is 22.7 Å². The summed E-state index contributed by atoms with van der Waals surface area (Å²) in [6.07, 6.45) is 5.11. The normalized spacial score (nSPS) is 31.8. The Hall–Kier alpha value is -2.99. The first kappa shape index (κ1) is 27.6. The fraction of sp³-hybridized carbons (Fsp3) is 0.500. The molecule has 194 valence electrons. The lowest BCUT2D eigenvalue weighted by atomic mass is 9.45. The van der Waals surface area contributed by atoms with Crippen molar-refractivity contribution in [2.45, 2.75) is 65.6 Å². The highest BCUT2D eigenvalue weighted by Gasteiger charge is 2.63. The molecule has 3 rings (SSSR count). The molecule has 1 N–H and O–H groups in total. The number of methoxy groups -OCH3 is 1. The molecule has 1 aromatic rings. The molecular formula is C30H38O6. The first-order valence-corrected chi connectivity index (χ1v) is 12.5. The van der Waals surface area contributed by atoms with Crippen LogP contribution in [-0.2, 0) is 23.9 Å². The van der Waals surface area contributed by atoms with Gasteiger partial charge in [0.15, 0.2) is 5.78 Å². The summed E-state index contributed by atoms with van der Waals surface area (Å²) in [4.78, 5) is 37.7. The minimum atomic E-state index is -0.978. The van der Waals surface area contributed by atoms with Crippen LogP contribution in [0.3, 0.4) is 0 Å². The van der Waals surface area contributed by atoms with Crippen molar-refractivity contribution in [2.24, 2.45) is 22.7 Å². The molecule has 0 heterocycles. The maximum absolute atomic E-state index is 13.2. The van der Waals surface area contributed by atoms with Crippen LogP contribution >= 0.6 is 0 Å². The minimum absolute atomic E-state index is 0.0285. The molecule has 2 aliphatic rings. The van der Waals surface area contributed by atoms with Crippen molar-refractivity contribution in [3.8, 4) is 0 Å². The van der Waals surface area contributed by atoms with Gasteiger partial charge in [-0.15, -0.1) is 0 Å². The van der Waals surface area contributed by atoms with E-state index in [9.17, 15) is 19.5 Å². The molecule has 0 bridgehead atoms. The van der Waals surface area contributed by atoms with Crippen molar-refractivity contribution in [2.75, 3.05) is 7.11 Å². The first-order valence-electron chi connectivity index (χ1n) is 12.5. The summed E-state index contributed by atoms with van der Waals surface area (Å²) < 4.78 is 10.7. The van der Waals surface area contributed by atoms with Gasteiger partial charge in [-0.2, -0.15) is 0 Å². The van der Waals surface area contributed by atoms with Crippen molar-refractivity contribution >= 4 is 23.8 Å². The fourth-order valence-corrected chi connectivity index (χ4v) is 6.21. The number of rotatable bonds is 8. The highest BCUT2D eigenvalue weighted by Crippen LogP contribution is 2.62. The molecule has 6 nitrogen and oxygen atoms in total. The molecule has 6 atom stereocenters. The Morgan fingerprint density at radius 2 is 1.86 bits per heavy atom. The largest absolute Gasteiger partial charge is 0.469 e. The van der Waals surface area contributed by atoms with Gasteiger partial charge in [-0.05, 0) is 54.2 Å². The van der Waals surface area contributed by atoms with Crippen LogP contribution in [0.1, 0.15) is 58.9 Å². The van der Waals surface area contributed by atoms with E-state index >= 15 is 0 Å². The second-order valence-electron chi connectivity index (χ2n) is 10.6. The molecule has 0 saturated heterocycles. The molecule has 1 saturated carbocycles. The second kappa shape index (κ2) is 11.0. The molecule has 0 spiro atoms. The first-order chi connectivity index (χ1) is 16.9. The predicted octanol–water partition coefficient (Wildman–Crippen LogP) is 5.07. The number of hydrogen-bond acceptors (Lipinski definition) is 6. The Kier molecular flexibility index (Phi) is 8.40. The van der Waals surface area contributed by atoms with Gasteiger partial charge in [0.1, 0.15) is 6.10 Å². The zero-order valence-corrected chi connectivity index (χ0v) is 22.0. The summed E-state index contributed by atoms with van der Waals surface area (Å²) in [6.45, 7) is 11.8. The standard InChI is InChI=1S/C30H38O6/c1-19(17-26(33)35-6)23(31)18-29(4)21(3)27(34)28(30(5)20(2)11-10-14-24(29)30)36-25(32)16-15-22-12-8-7-9-13-22/h7-9,11-13,15-16,21,24,27-28,34H,1,10,14,17-18H2,2-6H3/t21-,24-,27-,28+,29+,30+/m1/s1. The van der Waals surface area contributed by atoms with E-state index in [2.05, 4.69) is 17.4 Å². The third kappa shape index (κ3) is 5.24. The maximum atomic E-state index is 13.2. The Bertz CT molecular complexity index is 1070. The van der Waals surface area contributed by atoms with Gasteiger partial charge in [0.2, 0.25) is 0 Å². The molecular weight excluding hydrogens is 456 g/mol. The van der Waals surface area contributed by atoms with Gasteiger partial charge in [-0.25, -0.2) is 4.79 Å². The van der Waals surface area contributed by atoms with E-state index in [1.54, 1.807) is 6.08 Å². The predicted molar refractivity (Wildman–Crippen MR) is 139 cm³/mol. The molecule has 1 fully saturated rings. The molecule has 0 aromatic heterocycles. The lowest BCUT2D eigenvalue weighted by molar-refractivity contribution is -0.209. The van der Waals surface area contributed by atoms with Gasteiger partial charge in [-0.3, -0.25) is 9.59 Å². The van der Waals surface area contributed by atoms with Gasteiger partial charge in [0, 0.05) is 17.9 Å². The number of benzene rings is 1. The van der Waals surface area contributed by atoms with E-state index in [0.717, 1.165) is 24.0 Å². The summed E-state index contributed by atoms with van der Waals surface area (Å²) in [7, 11) is 1.28. The summed E-state index contributed by atoms with van der Waals surface area (Å²) in [6, 6.07) is 9.47. The monoisotopic (exact) mass is 494 g/mol. The number of carbonyl (C=O) groups is 3. The number of allylic oxidation sites excluding steroid dienone is 1. The van der Waals surface area contributed by atoms with Crippen molar-refractivity contribution < 1.29 is 29.0 Å². The van der Waals surface area contributed by atoms with Crippen LogP contribution < -0.4 is 0 Å². The average molecular weight is 495 g/mol. The van der Waals surface area contributed by atoms with E-state index in [-0.39, 0.29) is 36.0 Å². The van der Waals surface area contributed by atoms with Crippen molar-refractivity contribution in [1.29, 1.82) is 0 Å². The number of ketones is 1. The highest BCUT2D eigenvalue weighted by atomic mass is 16.6. The summed E-state index contributed by atoms with van der Waals surface area (Å²) in [5, 5.41) is 11.5. The number of hydrogen-bond donors (Lipinski definition) is 1. The van der Waals surface area contributed by atoms with Crippen LogP contribution in [0.4, 0.5) is 0 Å². The van der Waals surface area contributed by atoms with Gasteiger partial charge in [0.05, 0.1) is 19.6 Å². The van der Waals surface area contributed by atoms with Crippen LogP contribution in [0.15, 0.2) is 60.2 Å². The van der Waals surface area contributed by atoms with Gasteiger partial charge in [-0.1, -0.05) is 69.3 Å². The summed E-state index contributed by atoms with van der Waals surface area (Å²) >= 11 is 0. The molecule has 0 amide bonds. The summed E-state index contributed by atoms with van der Waals surface area (Å²) in [5.41, 5.74) is 0.876. The third-order valence-corrected chi connectivity index (χ3v) is 8.70. The van der Waals surface area contributed by atoms with Crippen LogP contribution in [0.5, 0.6) is 0 Å². The quantitative estimate of drug-likeness (QED) is 0.308. The number of fused-ring (bicyclic) bond motifs is 1. The highest BCUT2D eigenvalue weighted by molar-refractivity contribution is 5.99. The Morgan fingerprint density at radius 3 is 2.50 bits per heavy atom. The van der Waals surface area contributed by atoms with E-state index in [1.807, 2.05) is 58.0 Å². The van der Waals surface area contributed by atoms with Crippen LogP contribution in [-0.4, -0.2) is 42.1 Å². The average Bonchev–Trinajstić information content (AvgIpc) is 2.86. The number of aliphatic hydroxyl groups is 1. The minimum Gasteiger partial charge on any atom is -0.469 e. The van der Waals surface area contributed by atoms with Crippen molar-refractivity contribution in [3.05, 3.63) is 65.8 Å². The van der Waals surface area contributed by atoms with Crippen LogP contribution in [0.2, 0.25) is 0 Å².